The fourth-order valence-electron chi connectivity index (χ4n) is 1.66. The summed E-state index contributed by atoms with van der Waals surface area (Å²) in [5.74, 6) is -0.997. The average molecular weight is 249 g/mol. The van der Waals surface area contributed by atoms with Gasteiger partial charge in [-0.2, -0.15) is 0 Å². The molecule has 5 heteroatoms. The Morgan fingerprint density at radius 1 is 1.11 bits per heavy atom. The summed E-state index contributed by atoms with van der Waals surface area (Å²) in [5.41, 5.74) is 6.87. The summed E-state index contributed by atoms with van der Waals surface area (Å²) in [5, 5.41) is 0. The molecule has 1 atom stereocenters. The molecule has 0 saturated carbocycles. The van der Waals surface area contributed by atoms with Gasteiger partial charge in [0.05, 0.1) is 0 Å². The van der Waals surface area contributed by atoms with Gasteiger partial charge in [0.2, 0.25) is 0 Å². The summed E-state index contributed by atoms with van der Waals surface area (Å²) in [6, 6.07) is 3.23. The number of rotatable bonds is 3. The van der Waals surface area contributed by atoms with Crippen molar-refractivity contribution in [2.45, 2.75) is 19.4 Å². The second-order valence-electron chi connectivity index (χ2n) is 4.25. The molecule has 0 aliphatic heterocycles. The molecule has 0 aliphatic rings. The Morgan fingerprint density at radius 3 is 2.17 bits per heavy atom. The van der Waals surface area contributed by atoms with Gasteiger partial charge in [0.25, 0.3) is 0 Å². The monoisotopic (exact) mass is 249 g/mol. The molecule has 2 N–H and O–H groups in total. The highest BCUT2D eigenvalue weighted by atomic mass is 19.1. The summed E-state index contributed by atoms with van der Waals surface area (Å²) in [6.45, 7) is 1.88. The fraction of sp³-hybridized carbons (Fsp3) is 0.231. The lowest BCUT2D eigenvalue weighted by molar-refractivity contribution is 0.584. The lowest BCUT2D eigenvalue weighted by atomic mass is 10.1. The van der Waals surface area contributed by atoms with Crippen LogP contribution in [0.2, 0.25) is 0 Å². The van der Waals surface area contributed by atoms with Crippen molar-refractivity contribution < 1.29 is 8.78 Å². The first-order valence-corrected chi connectivity index (χ1v) is 5.57. The van der Waals surface area contributed by atoms with Gasteiger partial charge in [-0.05, 0) is 31.0 Å². The molecule has 0 spiro atoms. The third kappa shape index (κ3) is 3.07. The van der Waals surface area contributed by atoms with E-state index in [1.807, 2.05) is 6.92 Å². The number of hydrogen-bond donors (Lipinski definition) is 1. The third-order valence-corrected chi connectivity index (χ3v) is 2.38. The predicted octanol–water partition coefficient (Wildman–Crippen LogP) is 2.31. The molecule has 0 radical (unpaired) electrons. The van der Waals surface area contributed by atoms with Gasteiger partial charge in [-0.1, -0.05) is 0 Å². The highest BCUT2D eigenvalue weighted by molar-refractivity contribution is 5.54. The summed E-state index contributed by atoms with van der Waals surface area (Å²) >= 11 is 0. The number of aromatic nitrogens is 2. The van der Waals surface area contributed by atoms with Crippen molar-refractivity contribution in [2.75, 3.05) is 0 Å². The molecule has 0 aliphatic carbocycles. The van der Waals surface area contributed by atoms with Crippen LogP contribution in [0.1, 0.15) is 12.5 Å². The number of halogens is 2. The Balaban J connectivity index is 2.28. The predicted molar refractivity (Wildman–Crippen MR) is 64.7 cm³/mol. The molecule has 0 amide bonds. The van der Waals surface area contributed by atoms with E-state index in [4.69, 9.17) is 5.73 Å². The van der Waals surface area contributed by atoms with E-state index in [1.165, 1.54) is 12.1 Å². The van der Waals surface area contributed by atoms with Crippen LogP contribution in [0.4, 0.5) is 8.78 Å². The van der Waals surface area contributed by atoms with E-state index in [9.17, 15) is 8.78 Å². The second-order valence-corrected chi connectivity index (χ2v) is 4.25. The van der Waals surface area contributed by atoms with Gasteiger partial charge in [0.15, 0.2) is 5.82 Å². The molecule has 2 rings (SSSR count). The van der Waals surface area contributed by atoms with Gasteiger partial charge in [0.1, 0.15) is 11.6 Å². The van der Waals surface area contributed by atoms with Crippen LogP contribution in [0.3, 0.4) is 0 Å². The minimum Gasteiger partial charge on any atom is -0.328 e. The molecule has 1 unspecified atom stereocenters. The van der Waals surface area contributed by atoms with Crippen LogP contribution >= 0.6 is 0 Å². The Morgan fingerprint density at radius 2 is 1.67 bits per heavy atom. The van der Waals surface area contributed by atoms with Gasteiger partial charge in [0, 0.05) is 30.1 Å². The van der Waals surface area contributed by atoms with Crippen molar-refractivity contribution >= 4 is 0 Å². The lowest BCUT2D eigenvalue weighted by Gasteiger charge is -2.05. The number of hydrogen-bond acceptors (Lipinski definition) is 3. The highest BCUT2D eigenvalue weighted by Crippen LogP contribution is 2.17. The first-order chi connectivity index (χ1) is 8.54. The minimum atomic E-state index is -0.645. The van der Waals surface area contributed by atoms with E-state index >= 15 is 0 Å². The molecule has 0 bridgehead atoms. The Bertz CT molecular complexity index is 518. The van der Waals surface area contributed by atoms with Crippen molar-refractivity contribution in [1.82, 2.24) is 9.97 Å². The van der Waals surface area contributed by atoms with Crippen LogP contribution in [-0.2, 0) is 6.42 Å². The highest BCUT2D eigenvalue weighted by Gasteiger charge is 2.06. The molecule has 3 nitrogen and oxygen atoms in total. The SMILES string of the molecule is CC(N)Cc1cnc(-c2cc(F)cc(F)c2)nc1. The van der Waals surface area contributed by atoms with Gasteiger partial charge in [-0.3, -0.25) is 0 Å². The standard InChI is InChI=1S/C13H13F2N3/c1-8(16)2-9-6-17-13(18-7-9)10-3-11(14)5-12(15)4-10/h3-8H,2,16H2,1H3. The second kappa shape index (κ2) is 5.18. The van der Waals surface area contributed by atoms with E-state index in [2.05, 4.69) is 9.97 Å². The number of nitrogens with two attached hydrogens (primary N) is 1. The molecule has 0 fully saturated rings. The van der Waals surface area contributed by atoms with Crippen molar-refractivity contribution in [1.29, 1.82) is 0 Å². The van der Waals surface area contributed by atoms with E-state index in [1.54, 1.807) is 12.4 Å². The van der Waals surface area contributed by atoms with Crippen LogP contribution in [0.25, 0.3) is 11.4 Å². The average Bonchev–Trinajstić information content (AvgIpc) is 2.27. The van der Waals surface area contributed by atoms with Crippen molar-refractivity contribution in [3.63, 3.8) is 0 Å². The zero-order valence-electron chi connectivity index (χ0n) is 9.90. The van der Waals surface area contributed by atoms with Gasteiger partial charge in [-0.15, -0.1) is 0 Å². The first-order valence-electron chi connectivity index (χ1n) is 5.57. The number of benzene rings is 1. The van der Waals surface area contributed by atoms with Gasteiger partial charge >= 0.3 is 0 Å². The topological polar surface area (TPSA) is 51.8 Å². The third-order valence-electron chi connectivity index (χ3n) is 2.38. The maximum absolute atomic E-state index is 13.1. The summed E-state index contributed by atoms with van der Waals surface area (Å²) < 4.78 is 26.1. The largest absolute Gasteiger partial charge is 0.328 e. The molecule has 2 aromatic rings. The Hall–Kier alpha value is -1.88. The summed E-state index contributed by atoms with van der Waals surface area (Å²) in [7, 11) is 0. The quantitative estimate of drug-likeness (QED) is 0.908. The Labute approximate surface area is 104 Å². The van der Waals surface area contributed by atoms with Crippen LogP contribution in [-0.4, -0.2) is 16.0 Å². The lowest BCUT2D eigenvalue weighted by Crippen LogP contribution is -2.18. The normalized spacial score (nSPS) is 12.4. The van der Waals surface area contributed by atoms with Gasteiger partial charge < -0.3 is 5.73 Å². The molecule has 1 aromatic heterocycles. The molecule has 94 valence electrons. The van der Waals surface area contributed by atoms with Crippen LogP contribution in [0.15, 0.2) is 30.6 Å². The maximum Gasteiger partial charge on any atom is 0.159 e. The summed E-state index contributed by atoms with van der Waals surface area (Å²) in [4.78, 5) is 8.17. The zero-order valence-corrected chi connectivity index (χ0v) is 9.90. The van der Waals surface area contributed by atoms with Crippen LogP contribution in [0, 0.1) is 11.6 Å². The molecule has 0 saturated heterocycles. The van der Waals surface area contributed by atoms with Gasteiger partial charge in [-0.25, -0.2) is 18.7 Å². The summed E-state index contributed by atoms with van der Waals surface area (Å²) in [6.07, 6.45) is 3.90. The van der Waals surface area contributed by atoms with Crippen molar-refractivity contribution in [2.24, 2.45) is 5.73 Å². The van der Waals surface area contributed by atoms with E-state index in [-0.39, 0.29) is 6.04 Å². The smallest absolute Gasteiger partial charge is 0.159 e. The molecular weight excluding hydrogens is 236 g/mol. The molecule has 1 heterocycles. The minimum absolute atomic E-state index is 0.0195. The Kier molecular flexibility index (Phi) is 3.62. The first kappa shape index (κ1) is 12.6. The fourth-order valence-corrected chi connectivity index (χ4v) is 1.66. The maximum atomic E-state index is 13.1. The van der Waals surface area contributed by atoms with E-state index in [0.717, 1.165) is 11.6 Å². The zero-order chi connectivity index (χ0) is 13.1. The van der Waals surface area contributed by atoms with E-state index < -0.39 is 11.6 Å². The van der Waals surface area contributed by atoms with E-state index in [0.29, 0.717) is 17.8 Å². The van der Waals surface area contributed by atoms with Crippen LogP contribution < -0.4 is 5.73 Å². The molecular formula is C13H13F2N3. The molecule has 1 aromatic carbocycles. The number of nitrogens with zero attached hydrogens (tertiary/aromatic N) is 2. The molecule has 18 heavy (non-hydrogen) atoms. The van der Waals surface area contributed by atoms with Crippen molar-refractivity contribution in [3.05, 3.63) is 47.8 Å². The van der Waals surface area contributed by atoms with Crippen LogP contribution in [0.5, 0.6) is 0 Å². The van der Waals surface area contributed by atoms with Crippen molar-refractivity contribution in [3.8, 4) is 11.4 Å².